The molecule has 1 heterocycles. The van der Waals surface area contributed by atoms with Gasteiger partial charge in [0, 0.05) is 11.4 Å². The van der Waals surface area contributed by atoms with E-state index in [9.17, 15) is 21.2 Å². The van der Waals surface area contributed by atoms with Crippen molar-refractivity contribution in [1.82, 2.24) is 4.72 Å². The molecule has 1 aromatic heterocycles. The first-order valence-corrected chi connectivity index (χ1v) is 12.3. The van der Waals surface area contributed by atoms with Crippen LogP contribution in [0.25, 0.3) is 0 Å². The van der Waals surface area contributed by atoms with Crippen molar-refractivity contribution >= 4 is 31.2 Å². The third-order valence-corrected chi connectivity index (χ3v) is 8.88. The summed E-state index contributed by atoms with van der Waals surface area (Å²) in [5.41, 5.74) is 0. The van der Waals surface area contributed by atoms with E-state index in [0.717, 1.165) is 12.1 Å². The van der Waals surface area contributed by atoms with Gasteiger partial charge in [-0.15, -0.1) is 11.3 Å². The highest BCUT2D eigenvalue weighted by Crippen LogP contribution is 2.32. The summed E-state index contributed by atoms with van der Waals surface area (Å²) in [5, 5.41) is 0.557. The van der Waals surface area contributed by atoms with Crippen LogP contribution in [-0.2, 0) is 19.9 Å². The molecule has 2 aromatic carbocycles. The standard InChI is InChI=1S/C19H18FNO5S3/c1-26-15-6-10-17(11-7-15)29(24,25)21-13-19(18-3-2-12-27-18)28(22,23)16-8-4-14(20)5-9-16/h2-12,19,21H,13H2,1H3/t19-/m0/s1. The maximum atomic E-state index is 13.2. The van der Waals surface area contributed by atoms with Crippen LogP contribution in [0.1, 0.15) is 10.1 Å². The van der Waals surface area contributed by atoms with Gasteiger partial charge in [-0.25, -0.2) is 25.9 Å². The number of methoxy groups -OCH3 is 1. The molecule has 3 aromatic rings. The van der Waals surface area contributed by atoms with Crippen LogP contribution in [0.2, 0.25) is 0 Å². The third-order valence-electron chi connectivity index (χ3n) is 4.21. The van der Waals surface area contributed by atoms with E-state index in [1.54, 1.807) is 17.5 Å². The topological polar surface area (TPSA) is 89.5 Å². The molecule has 0 aliphatic rings. The van der Waals surface area contributed by atoms with Gasteiger partial charge in [0.1, 0.15) is 16.8 Å². The Morgan fingerprint density at radius 3 is 2.14 bits per heavy atom. The Morgan fingerprint density at radius 2 is 1.59 bits per heavy atom. The molecular formula is C19H18FNO5S3. The number of ether oxygens (including phenoxy) is 1. The monoisotopic (exact) mass is 455 g/mol. The Hall–Kier alpha value is -2.27. The molecule has 1 atom stereocenters. The highest BCUT2D eigenvalue weighted by Gasteiger charge is 2.31. The predicted octanol–water partition coefficient (Wildman–Crippen LogP) is 3.39. The van der Waals surface area contributed by atoms with Gasteiger partial charge in [-0.3, -0.25) is 0 Å². The van der Waals surface area contributed by atoms with Crippen molar-refractivity contribution in [2.24, 2.45) is 0 Å². The van der Waals surface area contributed by atoms with Crippen molar-refractivity contribution in [3.05, 3.63) is 76.7 Å². The molecule has 3 rings (SSSR count). The summed E-state index contributed by atoms with van der Waals surface area (Å²) < 4.78 is 72.1. The van der Waals surface area contributed by atoms with Gasteiger partial charge in [-0.1, -0.05) is 6.07 Å². The van der Waals surface area contributed by atoms with Gasteiger partial charge in [-0.05, 0) is 60.0 Å². The van der Waals surface area contributed by atoms with Gasteiger partial charge in [0.25, 0.3) is 0 Å². The van der Waals surface area contributed by atoms with Crippen molar-refractivity contribution in [2.75, 3.05) is 13.7 Å². The van der Waals surface area contributed by atoms with E-state index in [2.05, 4.69) is 4.72 Å². The lowest BCUT2D eigenvalue weighted by Gasteiger charge is -2.17. The Labute approximate surface area is 172 Å². The predicted molar refractivity (Wildman–Crippen MR) is 109 cm³/mol. The van der Waals surface area contributed by atoms with Crippen molar-refractivity contribution in [2.45, 2.75) is 15.0 Å². The summed E-state index contributed by atoms with van der Waals surface area (Å²) in [6, 6.07) is 13.5. The molecule has 10 heteroatoms. The summed E-state index contributed by atoms with van der Waals surface area (Å²) in [6.07, 6.45) is 0. The van der Waals surface area contributed by atoms with Crippen LogP contribution in [0.3, 0.4) is 0 Å². The number of benzene rings is 2. The lowest BCUT2D eigenvalue weighted by molar-refractivity contribution is 0.414. The quantitative estimate of drug-likeness (QED) is 0.526. The lowest BCUT2D eigenvalue weighted by Crippen LogP contribution is -2.31. The fraction of sp³-hybridized carbons (Fsp3) is 0.158. The molecule has 0 spiro atoms. The number of halogens is 1. The Morgan fingerprint density at radius 1 is 0.966 bits per heavy atom. The molecule has 0 saturated carbocycles. The van der Waals surface area contributed by atoms with Gasteiger partial charge in [0.05, 0.1) is 16.9 Å². The second-order valence-corrected chi connectivity index (χ2v) is 10.9. The molecule has 1 N–H and O–H groups in total. The highest BCUT2D eigenvalue weighted by molar-refractivity contribution is 7.92. The van der Waals surface area contributed by atoms with E-state index in [1.165, 1.54) is 54.8 Å². The van der Waals surface area contributed by atoms with Crippen LogP contribution in [0, 0.1) is 5.82 Å². The first kappa shape index (κ1) is 21.4. The van der Waals surface area contributed by atoms with Crippen molar-refractivity contribution in [3.63, 3.8) is 0 Å². The van der Waals surface area contributed by atoms with E-state index in [0.29, 0.717) is 10.6 Å². The minimum atomic E-state index is -3.96. The number of hydrogen-bond donors (Lipinski definition) is 1. The molecule has 0 unspecified atom stereocenters. The zero-order valence-electron chi connectivity index (χ0n) is 15.3. The summed E-state index contributed by atoms with van der Waals surface area (Å²) in [5.74, 6) is -0.0591. The van der Waals surface area contributed by atoms with Gasteiger partial charge >= 0.3 is 0 Å². The summed E-state index contributed by atoms with van der Waals surface area (Å²) in [7, 11) is -6.44. The summed E-state index contributed by atoms with van der Waals surface area (Å²) in [4.78, 5) is 0.384. The molecule has 29 heavy (non-hydrogen) atoms. The molecule has 0 aliphatic carbocycles. The maximum absolute atomic E-state index is 13.2. The smallest absolute Gasteiger partial charge is 0.240 e. The maximum Gasteiger partial charge on any atom is 0.240 e. The minimum Gasteiger partial charge on any atom is -0.497 e. The highest BCUT2D eigenvalue weighted by atomic mass is 32.2. The Kier molecular flexibility index (Phi) is 6.37. The van der Waals surface area contributed by atoms with E-state index < -0.39 is 30.9 Å². The normalized spacial score (nSPS) is 13.2. The van der Waals surface area contributed by atoms with Gasteiger partial charge < -0.3 is 4.74 Å². The van der Waals surface area contributed by atoms with Crippen LogP contribution in [0.5, 0.6) is 5.75 Å². The average molecular weight is 456 g/mol. The van der Waals surface area contributed by atoms with Crippen molar-refractivity contribution in [1.29, 1.82) is 0 Å². The first-order valence-electron chi connectivity index (χ1n) is 8.40. The Balaban J connectivity index is 1.89. The number of nitrogens with one attached hydrogen (secondary N) is 1. The molecule has 0 amide bonds. The average Bonchev–Trinajstić information content (AvgIpc) is 3.22. The van der Waals surface area contributed by atoms with Gasteiger partial charge in [0.15, 0.2) is 9.84 Å². The van der Waals surface area contributed by atoms with Gasteiger partial charge in [0.2, 0.25) is 10.0 Å². The third kappa shape index (κ3) is 4.84. The number of hydrogen-bond acceptors (Lipinski definition) is 6. The largest absolute Gasteiger partial charge is 0.497 e. The first-order chi connectivity index (χ1) is 13.7. The van der Waals surface area contributed by atoms with E-state index in [-0.39, 0.29) is 16.3 Å². The molecule has 0 aliphatic heterocycles. The van der Waals surface area contributed by atoms with Gasteiger partial charge in [-0.2, -0.15) is 0 Å². The van der Waals surface area contributed by atoms with Crippen molar-refractivity contribution < 1.29 is 26.0 Å². The number of rotatable bonds is 8. The molecule has 0 radical (unpaired) electrons. The fourth-order valence-electron chi connectivity index (χ4n) is 2.65. The zero-order valence-corrected chi connectivity index (χ0v) is 17.7. The molecule has 154 valence electrons. The van der Waals surface area contributed by atoms with Crippen LogP contribution < -0.4 is 9.46 Å². The SMILES string of the molecule is COc1ccc(S(=O)(=O)NC[C@@H](c2cccs2)S(=O)(=O)c2ccc(F)cc2)cc1. The number of thiophene rings is 1. The van der Waals surface area contributed by atoms with E-state index >= 15 is 0 Å². The van der Waals surface area contributed by atoms with Crippen LogP contribution >= 0.6 is 11.3 Å². The van der Waals surface area contributed by atoms with E-state index in [1.807, 2.05) is 0 Å². The van der Waals surface area contributed by atoms with Crippen molar-refractivity contribution in [3.8, 4) is 5.75 Å². The van der Waals surface area contributed by atoms with Crippen LogP contribution in [0.4, 0.5) is 4.39 Å². The Bertz CT molecular complexity index is 1160. The number of sulfone groups is 1. The molecule has 6 nitrogen and oxygen atoms in total. The fourth-order valence-corrected chi connectivity index (χ4v) is 6.59. The van der Waals surface area contributed by atoms with Crippen LogP contribution in [0.15, 0.2) is 75.8 Å². The second kappa shape index (κ2) is 8.62. The lowest BCUT2D eigenvalue weighted by atomic mass is 10.3. The minimum absolute atomic E-state index is 0.0117. The summed E-state index contributed by atoms with van der Waals surface area (Å²) in [6.45, 7) is -0.366. The summed E-state index contributed by atoms with van der Waals surface area (Å²) >= 11 is 1.20. The zero-order chi connectivity index (χ0) is 21.1. The van der Waals surface area contributed by atoms with Crippen LogP contribution in [-0.4, -0.2) is 30.5 Å². The second-order valence-electron chi connectivity index (χ2n) is 6.03. The number of sulfonamides is 1. The molecular weight excluding hydrogens is 437 g/mol. The van der Waals surface area contributed by atoms with E-state index in [4.69, 9.17) is 4.74 Å². The molecule has 0 bridgehead atoms. The molecule has 0 saturated heterocycles. The molecule has 0 fully saturated rings.